The smallest absolute Gasteiger partial charge is 0.179 e. The predicted molar refractivity (Wildman–Crippen MR) is 65.8 cm³/mol. The Kier molecular flexibility index (Phi) is 3.96. The van der Waals surface area contributed by atoms with Crippen molar-refractivity contribution >= 4 is 11.0 Å². The zero-order valence-corrected chi connectivity index (χ0v) is 10.6. The minimum atomic E-state index is -0.472. The maximum absolute atomic E-state index is 13.1. The van der Waals surface area contributed by atoms with Crippen molar-refractivity contribution in [3.63, 3.8) is 0 Å². The van der Waals surface area contributed by atoms with Crippen molar-refractivity contribution in [2.24, 2.45) is 0 Å². The van der Waals surface area contributed by atoms with Crippen molar-refractivity contribution in [1.82, 2.24) is 5.32 Å². The summed E-state index contributed by atoms with van der Waals surface area (Å²) in [5, 5.41) is 3.78. The Bertz CT molecular complexity index is 522. The monoisotopic (exact) mass is 253 g/mol. The van der Waals surface area contributed by atoms with Crippen LogP contribution >= 0.6 is 0 Å². The third kappa shape index (κ3) is 2.38. The Morgan fingerprint density at radius 1 is 1.22 bits per heavy atom. The van der Waals surface area contributed by atoms with E-state index in [2.05, 4.69) is 5.32 Å². The molecule has 4 nitrogen and oxygen atoms in total. The van der Waals surface area contributed by atoms with Gasteiger partial charge in [0, 0.05) is 19.6 Å². The topological polar surface area (TPSA) is 43.6 Å². The number of rotatable bonds is 5. The Hall–Kier alpha value is -1.43. The molecule has 0 aliphatic heterocycles. The van der Waals surface area contributed by atoms with Crippen LogP contribution in [0.25, 0.3) is 11.0 Å². The lowest BCUT2D eigenvalue weighted by Crippen LogP contribution is -2.32. The van der Waals surface area contributed by atoms with Gasteiger partial charge in [-0.05, 0) is 31.3 Å². The lowest BCUT2D eigenvalue weighted by molar-refractivity contribution is -0.126. The fraction of sp³-hybridized carbons (Fsp3) is 0.385. The summed E-state index contributed by atoms with van der Waals surface area (Å²) in [5.74, 6) is 0.359. The van der Waals surface area contributed by atoms with Crippen LogP contribution in [0.3, 0.4) is 0 Å². The van der Waals surface area contributed by atoms with E-state index in [1.807, 2.05) is 0 Å². The van der Waals surface area contributed by atoms with Gasteiger partial charge in [-0.3, -0.25) is 0 Å². The van der Waals surface area contributed by atoms with Gasteiger partial charge >= 0.3 is 0 Å². The molecule has 0 fully saturated rings. The van der Waals surface area contributed by atoms with Crippen molar-refractivity contribution < 1.29 is 18.3 Å². The third-order valence-electron chi connectivity index (χ3n) is 2.85. The van der Waals surface area contributed by atoms with Gasteiger partial charge in [0.1, 0.15) is 23.2 Å². The molecule has 0 saturated heterocycles. The standard InChI is InChI=1S/C13H16FNO3/c1-15-12(13(16-2)17-3)11-7-8-6-9(14)4-5-10(8)18-11/h4-7,12-13,15H,1-3H3. The number of nitrogens with one attached hydrogen (secondary N) is 1. The van der Waals surface area contributed by atoms with E-state index in [9.17, 15) is 4.39 Å². The molecule has 0 amide bonds. The molecule has 1 aromatic heterocycles. The van der Waals surface area contributed by atoms with Crippen molar-refractivity contribution in [3.05, 3.63) is 35.8 Å². The van der Waals surface area contributed by atoms with Gasteiger partial charge in [0.25, 0.3) is 0 Å². The van der Waals surface area contributed by atoms with Gasteiger partial charge in [0.15, 0.2) is 6.29 Å². The summed E-state index contributed by atoms with van der Waals surface area (Å²) < 4.78 is 29.2. The van der Waals surface area contributed by atoms with Crippen molar-refractivity contribution in [2.75, 3.05) is 21.3 Å². The van der Waals surface area contributed by atoms with Crippen LogP contribution < -0.4 is 5.32 Å². The van der Waals surface area contributed by atoms with Gasteiger partial charge in [0.05, 0.1) is 0 Å². The molecule has 0 saturated carbocycles. The van der Waals surface area contributed by atoms with Crippen LogP contribution in [0.5, 0.6) is 0 Å². The maximum atomic E-state index is 13.1. The molecule has 0 spiro atoms. The van der Waals surface area contributed by atoms with Crippen LogP contribution in [0.15, 0.2) is 28.7 Å². The van der Waals surface area contributed by atoms with E-state index in [1.165, 1.54) is 12.1 Å². The normalized spacial score (nSPS) is 13.4. The molecular formula is C13H16FNO3. The number of hydrogen-bond donors (Lipinski definition) is 1. The number of halogens is 1. The first-order valence-electron chi connectivity index (χ1n) is 5.61. The number of likely N-dealkylation sites (N-methyl/N-ethyl adjacent to an activating group) is 1. The van der Waals surface area contributed by atoms with E-state index in [0.717, 1.165) is 5.39 Å². The molecule has 98 valence electrons. The summed E-state index contributed by atoms with van der Waals surface area (Å²) in [4.78, 5) is 0. The quantitative estimate of drug-likeness (QED) is 0.831. The summed E-state index contributed by atoms with van der Waals surface area (Å²) in [5.41, 5.74) is 0.637. The van der Waals surface area contributed by atoms with Crippen LogP contribution in [0, 0.1) is 5.82 Å². The number of hydrogen-bond acceptors (Lipinski definition) is 4. The average molecular weight is 253 g/mol. The van der Waals surface area contributed by atoms with Crippen molar-refractivity contribution in [1.29, 1.82) is 0 Å². The molecule has 1 unspecified atom stereocenters. The third-order valence-corrected chi connectivity index (χ3v) is 2.85. The fourth-order valence-electron chi connectivity index (χ4n) is 1.97. The summed E-state index contributed by atoms with van der Waals surface area (Å²) in [6.07, 6.45) is -0.472. The molecular weight excluding hydrogens is 237 g/mol. The van der Waals surface area contributed by atoms with Crippen LogP contribution in [0.1, 0.15) is 11.8 Å². The molecule has 1 heterocycles. The second kappa shape index (κ2) is 5.48. The van der Waals surface area contributed by atoms with Crippen LogP contribution in [0.4, 0.5) is 4.39 Å². The zero-order valence-electron chi connectivity index (χ0n) is 10.6. The van der Waals surface area contributed by atoms with Crippen molar-refractivity contribution in [3.8, 4) is 0 Å². The molecule has 5 heteroatoms. The van der Waals surface area contributed by atoms with Gasteiger partial charge in [-0.2, -0.15) is 0 Å². The maximum Gasteiger partial charge on any atom is 0.179 e. The van der Waals surface area contributed by atoms with Crippen LogP contribution in [-0.2, 0) is 9.47 Å². The van der Waals surface area contributed by atoms with E-state index in [4.69, 9.17) is 13.9 Å². The first-order valence-corrected chi connectivity index (χ1v) is 5.61. The minimum absolute atomic E-state index is 0.254. The highest BCUT2D eigenvalue weighted by Gasteiger charge is 2.24. The van der Waals surface area contributed by atoms with E-state index < -0.39 is 6.29 Å². The first kappa shape index (κ1) is 13.0. The second-order valence-electron chi connectivity index (χ2n) is 3.94. The van der Waals surface area contributed by atoms with Gasteiger partial charge in [-0.1, -0.05) is 0 Å². The van der Waals surface area contributed by atoms with E-state index >= 15 is 0 Å². The molecule has 0 aliphatic carbocycles. The summed E-state index contributed by atoms with van der Waals surface area (Å²) in [7, 11) is 4.89. The molecule has 0 aliphatic rings. The molecule has 18 heavy (non-hydrogen) atoms. The Morgan fingerprint density at radius 2 is 1.94 bits per heavy atom. The Labute approximate surface area is 105 Å². The average Bonchev–Trinajstić information content (AvgIpc) is 2.78. The molecule has 0 bridgehead atoms. The summed E-state index contributed by atoms with van der Waals surface area (Å²) in [6, 6.07) is 5.94. The number of benzene rings is 1. The van der Waals surface area contributed by atoms with Gasteiger partial charge in [0.2, 0.25) is 0 Å². The van der Waals surface area contributed by atoms with Gasteiger partial charge in [-0.15, -0.1) is 0 Å². The molecule has 2 rings (SSSR count). The number of furan rings is 1. The highest BCUT2D eigenvalue weighted by atomic mass is 19.1. The first-order chi connectivity index (χ1) is 8.69. The van der Waals surface area contributed by atoms with E-state index in [1.54, 1.807) is 33.4 Å². The largest absolute Gasteiger partial charge is 0.459 e. The van der Waals surface area contributed by atoms with Crippen LogP contribution in [-0.4, -0.2) is 27.6 Å². The minimum Gasteiger partial charge on any atom is -0.459 e. The number of ether oxygens (including phenoxy) is 2. The lowest BCUT2D eigenvalue weighted by atomic mass is 10.2. The fourth-order valence-corrected chi connectivity index (χ4v) is 1.97. The van der Waals surface area contributed by atoms with E-state index in [0.29, 0.717) is 11.3 Å². The molecule has 1 aromatic carbocycles. The molecule has 0 radical (unpaired) electrons. The van der Waals surface area contributed by atoms with Crippen molar-refractivity contribution in [2.45, 2.75) is 12.3 Å². The molecule has 2 aromatic rings. The highest BCUT2D eigenvalue weighted by Crippen LogP contribution is 2.27. The van der Waals surface area contributed by atoms with E-state index in [-0.39, 0.29) is 11.9 Å². The lowest BCUT2D eigenvalue weighted by Gasteiger charge is -2.22. The summed E-state index contributed by atoms with van der Waals surface area (Å²) in [6.45, 7) is 0. The zero-order chi connectivity index (χ0) is 13.1. The van der Waals surface area contributed by atoms with Gasteiger partial charge < -0.3 is 19.2 Å². The highest BCUT2D eigenvalue weighted by molar-refractivity contribution is 5.78. The Morgan fingerprint density at radius 3 is 2.56 bits per heavy atom. The molecule has 1 N–H and O–H groups in total. The van der Waals surface area contributed by atoms with Crippen LogP contribution in [0.2, 0.25) is 0 Å². The predicted octanol–water partition coefficient (Wildman–Crippen LogP) is 2.45. The SMILES string of the molecule is CNC(c1cc2cc(F)ccc2o1)C(OC)OC. The molecule has 1 atom stereocenters. The van der Waals surface area contributed by atoms with Gasteiger partial charge in [-0.25, -0.2) is 4.39 Å². The number of fused-ring (bicyclic) bond motifs is 1. The summed E-state index contributed by atoms with van der Waals surface area (Å²) >= 11 is 0. The number of methoxy groups -OCH3 is 2. The second-order valence-corrected chi connectivity index (χ2v) is 3.94. The Balaban J connectivity index is 2.39.